The molecule has 0 aliphatic carbocycles. The van der Waals surface area contributed by atoms with Crippen LogP contribution in [0.2, 0.25) is 0 Å². The van der Waals surface area contributed by atoms with E-state index in [2.05, 4.69) is 64.3 Å². The fourth-order valence-corrected chi connectivity index (χ4v) is 3.72. The maximum absolute atomic E-state index is 3.60. The van der Waals surface area contributed by atoms with E-state index in [-0.39, 0.29) is 0 Å². The van der Waals surface area contributed by atoms with Crippen molar-refractivity contribution in [3.8, 4) is 0 Å². The zero-order valence-electron chi connectivity index (χ0n) is 12.7. The highest BCUT2D eigenvalue weighted by Crippen LogP contribution is 2.28. The van der Waals surface area contributed by atoms with E-state index in [1.54, 1.807) is 0 Å². The molecule has 2 rings (SSSR count). The van der Waals surface area contributed by atoms with Gasteiger partial charge in [0.05, 0.1) is 0 Å². The van der Waals surface area contributed by atoms with Crippen molar-refractivity contribution in [1.29, 1.82) is 0 Å². The van der Waals surface area contributed by atoms with Gasteiger partial charge in [-0.25, -0.2) is 0 Å². The number of nitrogens with one attached hydrogen (secondary N) is 1. The van der Waals surface area contributed by atoms with Crippen molar-refractivity contribution in [3.63, 3.8) is 0 Å². The molecule has 1 aliphatic rings. The predicted octanol–water partition coefficient (Wildman–Crippen LogP) is 4.22. The number of hydrogen-bond donors (Lipinski definition) is 1. The molecule has 0 amide bonds. The first-order valence-corrected chi connectivity index (χ1v) is 8.74. The van der Waals surface area contributed by atoms with Crippen molar-refractivity contribution in [1.82, 2.24) is 10.2 Å². The summed E-state index contributed by atoms with van der Waals surface area (Å²) < 4.78 is 1.18. The number of piperidine rings is 1. The van der Waals surface area contributed by atoms with E-state index in [9.17, 15) is 0 Å². The van der Waals surface area contributed by atoms with E-state index >= 15 is 0 Å². The fourth-order valence-electron chi connectivity index (χ4n) is 3.31. The van der Waals surface area contributed by atoms with Gasteiger partial charge >= 0.3 is 0 Å². The molecule has 0 aromatic heterocycles. The molecule has 112 valence electrons. The minimum atomic E-state index is 0.541. The Labute approximate surface area is 132 Å². The van der Waals surface area contributed by atoms with Crippen molar-refractivity contribution >= 4 is 15.9 Å². The summed E-state index contributed by atoms with van der Waals surface area (Å²) in [6.45, 7) is 9.32. The van der Waals surface area contributed by atoms with Crippen LogP contribution < -0.4 is 5.32 Å². The van der Waals surface area contributed by atoms with Gasteiger partial charge in [0.15, 0.2) is 0 Å². The van der Waals surface area contributed by atoms with E-state index in [1.165, 1.54) is 48.9 Å². The molecule has 1 N–H and O–H groups in total. The minimum absolute atomic E-state index is 0.541. The smallest absolute Gasteiger partial charge is 0.0345 e. The maximum atomic E-state index is 3.60. The third kappa shape index (κ3) is 4.31. The van der Waals surface area contributed by atoms with Gasteiger partial charge in [-0.2, -0.15) is 0 Å². The minimum Gasteiger partial charge on any atom is -0.316 e. The van der Waals surface area contributed by atoms with Gasteiger partial charge in [0.25, 0.3) is 0 Å². The zero-order chi connectivity index (χ0) is 14.4. The highest BCUT2D eigenvalue weighted by molar-refractivity contribution is 9.10. The summed E-state index contributed by atoms with van der Waals surface area (Å²) >= 11 is 3.60. The second kappa shape index (κ2) is 8.16. The van der Waals surface area contributed by atoms with Crippen LogP contribution in [0.15, 0.2) is 28.7 Å². The number of hydrogen-bond acceptors (Lipinski definition) is 2. The van der Waals surface area contributed by atoms with E-state index in [0.29, 0.717) is 6.04 Å². The number of rotatable bonds is 6. The highest BCUT2D eigenvalue weighted by Gasteiger charge is 2.22. The quantitative estimate of drug-likeness (QED) is 0.835. The summed E-state index contributed by atoms with van der Waals surface area (Å²) in [6, 6.07) is 9.34. The Kier molecular flexibility index (Phi) is 6.53. The predicted molar refractivity (Wildman–Crippen MR) is 90.0 cm³/mol. The molecule has 0 saturated carbocycles. The molecule has 0 radical (unpaired) electrons. The first-order chi connectivity index (χ1) is 9.74. The molecule has 20 heavy (non-hydrogen) atoms. The Morgan fingerprint density at radius 1 is 1.40 bits per heavy atom. The number of benzene rings is 1. The van der Waals surface area contributed by atoms with Crippen LogP contribution in [-0.4, -0.2) is 31.1 Å². The summed E-state index contributed by atoms with van der Waals surface area (Å²) in [4.78, 5) is 2.65. The van der Waals surface area contributed by atoms with Crippen LogP contribution in [0.1, 0.15) is 44.7 Å². The average Bonchev–Trinajstić information content (AvgIpc) is 2.48. The van der Waals surface area contributed by atoms with Crippen molar-refractivity contribution in [2.75, 3.05) is 26.2 Å². The van der Waals surface area contributed by atoms with Gasteiger partial charge in [-0.05, 0) is 62.5 Å². The molecule has 1 heterocycles. The van der Waals surface area contributed by atoms with E-state index in [1.807, 2.05) is 0 Å². The normalized spacial score (nSPS) is 21.1. The van der Waals surface area contributed by atoms with Gasteiger partial charge < -0.3 is 5.32 Å². The molecule has 2 unspecified atom stereocenters. The van der Waals surface area contributed by atoms with Gasteiger partial charge in [-0.1, -0.05) is 41.9 Å². The van der Waals surface area contributed by atoms with E-state index in [4.69, 9.17) is 0 Å². The third-order valence-corrected chi connectivity index (χ3v) is 4.85. The summed E-state index contributed by atoms with van der Waals surface area (Å²) in [5.74, 6) is 0.810. The summed E-state index contributed by atoms with van der Waals surface area (Å²) in [7, 11) is 0. The van der Waals surface area contributed by atoms with E-state index < -0.39 is 0 Å². The van der Waals surface area contributed by atoms with Gasteiger partial charge in [0.1, 0.15) is 0 Å². The molecular formula is C17H27BrN2. The Bertz CT molecular complexity index is 402. The monoisotopic (exact) mass is 338 g/mol. The Hall–Kier alpha value is -0.380. The number of halogens is 1. The molecule has 1 saturated heterocycles. The van der Waals surface area contributed by atoms with E-state index in [0.717, 1.165) is 12.5 Å². The lowest BCUT2D eigenvalue weighted by Gasteiger charge is -2.35. The van der Waals surface area contributed by atoms with Crippen molar-refractivity contribution < 1.29 is 0 Å². The summed E-state index contributed by atoms with van der Waals surface area (Å²) in [5, 5.41) is 3.54. The van der Waals surface area contributed by atoms with Gasteiger partial charge in [0.2, 0.25) is 0 Å². The van der Waals surface area contributed by atoms with Crippen molar-refractivity contribution in [2.45, 2.75) is 39.2 Å². The topological polar surface area (TPSA) is 15.3 Å². The van der Waals surface area contributed by atoms with Crippen LogP contribution in [0.3, 0.4) is 0 Å². The molecular weight excluding hydrogens is 312 g/mol. The molecule has 0 spiro atoms. The van der Waals surface area contributed by atoms with Crippen LogP contribution >= 0.6 is 15.9 Å². The summed E-state index contributed by atoms with van der Waals surface area (Å²) in [6.07, 6.45) is 3.87. The molecule has 1 aromatic rings. The Balaban J connectivity index is 2.06. The third-order valence-electron chi connectivity index (χ3n) is 4.36. The largest absolute Gasteiger partial charge is 0.316 e. The van der Waals surface area contributed by atoms with Crippen LogP contribution in [0.25, 0.3) is 0 Å². The van der Waals surface area contributed by atoms with Gasteiger partial charge in [-0.3, -0.25) is 4.90 Å². The van der Waals surface area contributed by atoms with Crippen LogP contribution in [0.5, 0.6) is 0 Å². The van der Waals surface area contributed by atoms with Gasteiger partial charge in [0, 0.05) is 17.1 Å². The molecule has 1 fully saturated rings. The summed E-state index contributed by atoms with van der Waals surface area (Å²) in [5.41, 5.74) is 1.44. The first kappa shape index (κ1) is 16.0. The molecule has 1 aromatic carbocycles. The molecule has 1 aliphatic heterocycles. The molecule has 3 heteroatoms. The van der Waals surface area contributed by atoms with Crippen molar-refractivity contribution in [2.24, 2.45) is 5.92 Å². The van der Waals surface area contributed by atoms with Crippen LogP contribution in [-0.2, 0) is 0 Å². The SMILES string of the molecule is CCC(c1cccc(Br)c1)N(CC)CC1CCCNC1. The fraction of sp³-hybridized carbons (Fsp3) is 0.647. The second-order valence-corrected chi connectivity index (χ2v) is 6.69. The lowest BCUT2D eigenvalue weighted by atomic mass is 9.96. The maximum Gasteiger partial charge on any atom is 0.0345 e. The Morgan fingerprint density at radius 3 is 2.85 bits per heavy atom. The van der Waals surface area contributed by atoms with Gasteiger partial charge in [-0.15, -0.1) is 0 Å². The molecule has 2 nitrogen and oxygen atoms in total. The molecule has 0 bridgehead atoms. The van der Waals surface area contributed by atoms with Crippen LogP contribution in [0.4, 0.5) is 0 Å². The second-order valence-electron chi connectivity index (χ2n) is 5.78. The lowest BCUT2D eigenvalue weighted by Crippen LogP contribution is -2.39. The Morgan fingerprint density at radius 2 is 2.25 bits per heavy atom. The van der Waals surface area contributed by atoms with Crippen molar-refractivity contribution in [3.05, 3.63) is 34.3 Å². The highest BCUT2D eigenvalue weighted by atomic mass is 79.9. The number of nitrogens with zero attached hydrogens (tertiary/aromatic N) is 1. The zero-order valence-corrected chi connectivity index (χ0v) is 14.3. The molecule has 2 atom stereocenters. The first-order valence-electron chi connectivity index (χ1n) is 7.94. The standard InChI is InChI=1S/C17H27BrN2/c1-3-17(15-8-5-9-16(18)11-15)20(4-2)13-14-7-6-10-19-12-14/h5,8-9,11,14,17,19H,3-4,6-7,10,12-13H2,1-2H3. The van der Waals surface area contributed by atoms with Crippen LogP contribution in [0, 0.1) is 5.92 Å². The lowest BCUT2D eigenvalue weighted by molar-refractivity contribution is 0.157. The average molecular weight is 339 g/mol.